The van der Waals surface area contributed by atoms with Gasteiger partial charge in [0.15, 0.2) is 0 Å². The Morgan fingerprint density at radius 2 is 1.97 bits per heavy atom. The van der Waals surface area contributed by atoms with Crippen molar-refractivity contribution < 1.29 is 9.53 Å². The number of carbonyl (C=O) groups excluding carboxylic acids is 1. The number of hydrogen-bond donors (Lipinski definition) is 0. The fourth-order valence-corrected chi connectivity index (χ4v) is 5.12. The Bertz CT molecular complexity index is 1040. The molecular formula is C21H24N4O3S2. The Balaban J connectivity index is 2.21. The second-order valence-corrected chi connectivity index (χ2v) is 9.13. The van der Waals surface area contributed by atoms with Gasteiger partial charge in [0.25, 0.3) is 11.5 Å². The number of carbonyl (C=O) groups is 1. The molecule has 1 amide bonds. The van der Waals surface area contributed by atoms with Crippen LogP contribution >= 0.6 is 24.0 Å². The van der Waals surface area contributed by atoms with E-state index in [0.717, 1.165) is 0 Å². The van der Waals surface area contributed by atoms with E-state index in [0.29, 0.717) is 45.8 Å². The van der Waals surface area contributed by atoms with Crippen LogP contribution < -0.4 is 10.5 Å². The topological polar surface area (TPSA) is 78.6 Å². The van der Waals surface area contributed by atoms with Gasteiger partial charge in [0.2, 0.25) is 0 Å². The summed E-state index contributed by atoms with van der Waals surface area (Å²) in [6.07, 6.45) is 3.34. The van der Waals surface area contributed by atoms with Crippen molar-refractivity contribution in [2.45, 2.75) is 33.0 Å². The molecule has 0 saturated carbocycles. The molecule has 0 unspecified atom stereocenters. The molecular weight excluding hydrogens is 420 g/mol. The van der Waals surface area contributed by atoms with Gasteiger partial charge < -0.3 is 9.64 Å². The third kappa shape index (κ3) is 3.95. The standard InChI is InChI=1S/C21H24N4O3S2/c1-6-7-25-20(27)17(30-21(25)29)8-15-14(4)16(9-22)19(26)23(5)18(15)24-10-12(2)28-13(3)11-24/h6,8,12-13H,1,7,10-11H2,2-5H3/b17-8-/t12-,13-/m1/s1. The molecule has 30 heavy (non-hydrogen) atoms. The Hall–Kier alpha value is -2.41. The normalized spacial score (nSPS) is 23.2. The van der Waals surface area contributed by atoms with E-state index < -0.39 is 0 Å². The summed E-state index contributed by atoms with van der Waals surface area (Å²) in [7, 11) is 1.66. The molecule has 0 N–H and O–H groups in total. The van der Waals surface area contributed by atoms with Crippen molar-refractivity contribution in [1.29, 1.82) is 5.26 Å². The first kappa shape index (κ1) is 22.3. The molecule has 9 heteroatoms. The second kappa shape index (κ2) is 8.76. The number of nitriles is 1. The number of pyridine rings is 1. The average Bonchev–Trinajstić information content (AvgIpc) is 2.93. The molecule has 0 aromatic carbocycles. The number of morpholine rings is 1. The smallest absolute Gasteiger partial charge is 0.270 e. The quantitative estimate of drug-likeness (QED) is 0.401. The first-order chi connectivity index (χ1) is 14.2. The van der Waals surface area contributed by atoms with Crippen LogP contribution in [-0.4, -0.2) is 51.5 Å². The zero-order valence-corrected chi connectivity index (χ0v) is 19.1. The minimum absolute atomic E-state index is 0.0153. The van der Waals surface area contributed by atoms with E-state index in [1.165, 1.54) is 21.2 Å². The van der Waals surface area contributed by atoms with Crippen molar-refractivity contribution in [3.8, 4) is 6.07 Å². The molecule has 0 aliphatic carbocycles. The van der Waals surface area contributed by atoms with Crippen LogP contribution in [0.5, 0.6) is 0 Å². The number of anilines is 1. The van der Waals surface area contributed by atoms with Crippen LogP contribution in [0.3, 0.4) is 0 Å². The van der Waals surface area contributed by atoms with Gasteiger partial charge in [-0.3, -0.25) is 19.1 Å². The zero-order valence-electron chi connectivity index (χ0n) is 17.5. The minimum atomic E-state index is -0.354. The van der Waals surface area contributed by atoms with Gasteiger partial charge in [0.05, 0.1) is 17.1 Å². The Morgan fingerprint density at radius 3 is 2.53 bits per heavy atom. The summed E-state index contributed by atoms with van der Waals surface area (Å²) in [5, 5.41) is 9.57. The number of amides is 1. The van der Waals surface area contributed by atoms with Gasteiger partial charge in [-0.05, 0) is 32.4 Å². The SMILES string of the molecule is C=CCN1C(=O)/C(=C/c2c(C)c(C#N)c(=O)n(C)c2N2C[C@@H](C)O[C@H](C)C2)SC1=S. The predicted octanol–water partition coefficient (Wildman–Crippen LogP) is 2.57. The zero-order chi connectivity index (χ0) is 22.2. The fourth-order valence-electron chi connectivity index (χ4n) is 3.86. The largest absolute Gasteiger partial charge is 0.372 e. The lowest BCUT2D eigenvalue weighted by Crippen LogP contribution is -2.47. The molecule has 2 aliphatic heterocycles. The third-order valence-corrected chi connectivity index (χ3v) is 6.53. The highest BCUT2D eigenvalue weighted by atomic mass is 32.2. The van der Waals surface area contributed by atoms with Crippen molar-refractivity contribution in [2.75, 3.05) is 24.5 Å². The maximum Gasteiger partial charge on any atom is 0.270 e. The van der Waals surface area contributed by atoms with Crippen molar-refractivity contribution in [2.24, 2.45) is 7.05 Å². The van der Waals surface area contributed by atoms with Crippen LogP contribution in [-0.2, 0) is 16.6 Å². The third-order valence-electron chi connectivity index (χ3n) is 5.15. The molecule has 158 valence electrons. The van der Waals surface area contributed by atoms with Gasteiger partial charge in [0.1, 0.15) is 21.8 Å². The number of aromatic nitrogens is 1. The molecule has 1 aromatic heterocycles. The summed E-state index contributed by atoms with van der Waals surface area (Å²) in [6.45, 7) is 10.9. The van der Waals surface area contributed by atoms with E-state index in [1.54, 1.807) is 26.1 Å². The number of nitrogens with zero attached hydrogens (tertiary/aromatic N) is 4. The summed E-state index contributed by atoms with van der Waals surface area (Å²) in [6, 6.07) is 2.02. The Kier molecular flexibility index (Phi) is 6.50. The van der Waals surface area contributed by atoms with E-state index in [2.05, 4.69) is 11.5 Å². The van der Waals surface area contributed by atoms with Gasteiger partial charge >= 0.3 is 0 Å². The van der Waals surface area contributed by atoms with E-state index in [1.807, 2.05) is 19.9 Å². The highest BCUT2D eigenvalue weighted by Crippen LogP contribution is 2.36. The molecule has 1 aromatic rings. The van der Waals surface area contributed by atoms with E-state index in [9.17, 15) is 14.9 Å². The van der Waals surface area contributed by atoms with E-state index >= 15 is 0 Å². The van der Waals surface area contributed by atoms with Crippen LogP contribution in [0.2, 0.25) is 0 Å². The highest BCUT2D eigenvalue weighted by Gasteiger charge is 2.33. The first-order valence-corrected chi connectivity index (χ1v) is 10.8. The molecule has 0 radical (unpaired) electrons. The summed E-state index contributed by atoms with van der Waals surface area (Å²) in [5.74, 6) is 0.471. The van der Waals surface area contributed by atoms with Gasteiger partial charge in [-0.25, -0.2) is 0 Å². The van der Waals surface area contributed by atoms with Crippen LogP contribution in [0.4, 0.5) is 5.82 Å². The summed E-state index contributed by atoms with van der Waals surface area (Å²) >= 11 is 6.55. The lowest BCUT2D eigenvalue weighted by molar-refractivity contribution is -0.121. The molecule has 2 atom stereocenters. The number of ether oxygens (including phenoxy) is 1. The Labute approximate surface area is 185 Å². The van der Waals surface area contributed by atoms with Crippen LogP contribution in [0.1, 0.15) is 30.5 Å². The predicted molar refractivity (Wildman–Crippen MR) is 123 cm³/mol. The first-order valence-electron chi connectivity index (χ1n) is 9.59. The lowest BCUT2D eigenvalue weighted by atomic mass is 10.0. The minimum Gasteiger partial charge on any atom is -0.372 e. The average molecular weight is 445 g/mol. The maximum atomic E-state index is 12.9. The van der Waals surface area contributed by atoms with Crippen molar-refractivity contribution in [3.63, 3.8) is 0 Å². The molecule has 2 fully saturated rings. The van der Waals surface area contributed by atoms with E-state index in [-0.39, 0.29) is 29.2 Å². The molecule has 2 saturated heterocycles. The van der Waals surface area contributed by atoms with Crippen molar-refractivity contribution in [3.05, 3.63) is 44.6 Å². The second-order valence-electron chi connectivity index (χ2n) is 7.46. The molecule has 3 rings (SSSR count). The van der Waals surface area contributed by atoms with Crippen molar-refractivity contribution >= 4 is 46.1 Å². The number of thioether (sulfide) groups is 1. The van der Waals surface area contributed by atoms with E-state index in [4.69, 9.17) is 17.0 Å². The molecule has 7 nitrogen and oxygen atoms in total. The lowest BCUT2D eigenvalue weighted by Gasteiger charge is -2.38. The fraction of sp³-hybridized carbons (Fsp3) is 0.429. The highest BCUT2D eigenvalue weighted by molar-refractivity contribution is 8.26. The molecule has 0 bridgehead atoms. The maximum absolute atomic E-state index is 12.9. The summed E-state index contributed by atoms with van der Waals surface area (Å²) < 4.78 is 7.80. The van der Waals surface area contributed by atoms with Gasteiger partial charge in [0, 0.05) is 32.2 Å². The van der Waals surface area contributed by atoms with Gasteiger partial charge in [-0.15, -0.1) is 6.58 Å². The van der Waals surface area contributed by atoms with Gasteiger partial charge in [-0.2, -0.15) is 5.26 Å². The van der Waals surface area contributed by atoms with Crippen molar-refractivity contribution in [1.82, 2.24) is 9.47 Å². The Morgan fingerprint density at radius 1 is 1.33 bits per heavy atom. The van der Waals surface area contributed by atoms with Crippen LogP contribution in [0.15, 0.2) is 22.4 Å². The van der Waals surface area contributed by atoms with Crippen LogP contribution in [0, 0.1) is 18.3 Å². The van der Waals surface area contributed by atoms with Crippen LogP contribution in [0.25, 0.3) is 6.08 Å². The number of thiocarbonyl (C=S) groups is 1. The monoisotopic (exact) mass is 444 g/mol. The number of hydrogen-bond acceptors (Lipinski definition) is 7. The number of rotatable bonds is 4. The molecule has 2 aliphatic rings. The molecule has 3 heterocycles. The summed E-state index contributed by atoms with van der Waals surface area (Å²) in [4.78, 5) is 29.7. The van der Waals surface area contributed by atoms with Gasteiger partial charge in [-0.1, -0.05) is 30.1 Å². The molecule has 0 spiro atoms. The summed E-state index contributed by atoms with van der Waals surface area (Å²) in [5.41, 5.74) is 0.946.